The van der Waals surface area contributed by atoms with Gasteiger partial charge >= 0.3 is 5.97 Å². The standard InChI is InChI=1S/C19H29NO3/c1-12-6-5-7-18(2)10-14-15(16-19(12,18)23-16)13(17(21)22-14)11-20-8-3-4-9-20/h12-16H,3-11H2,1-2H3/t12-,13+,14+,15+,16-,18+,19-/m0/s1. The van der Waals surface area contributed by atoms with Gasteiger partial charge in [0.05, 0.1) is 12.0 Å². The van der Waals surface area contributed by atoms with Crippen molar-refractivity contribution in [2.24, 2.45) is 23.2 Å². The molecule has 2 saturated carbocycles. The molecule has 5 fully saturated rings. The first-order chi connectivity index (χ1) is 11.1. The minimum atomic E-state index is 0.0427. The number of nitrogens with zero attached hydrogens (tertiary/aromatic N) is 1. The second kappa shape index (κ2) is 4.72. The largest absolute Gasteiger partial charge is 0.462 e. The minimum Gasteiger partial charge on any atom is -0.462 e. The molecule has 4 heteroatoms. The van der Waals surface area contributed by atoms with Gasteiger partial charge in [0, 0.05) is 17.9 Å². The molecule has 0 unspecified atom stereocenters. The van der Waals surface area contributed by atoms with E-state index >= 15 is 0 Å². The van der Waals surface area contributed by atoms with Crippen LogP contribution in [0.15, 0.2) is 0 Å². The Bertz CT molecular complexity index is 531. The SMILES string of the molecule is C[C@H]1CCC[C@]2(C)C[C@H]3OC(=O)[C@H](CN4CCCC4)[C@H]3[C@@H]3O[C@@]132. The van der Waals surface area contributed by atoms with Crippen LogP contribution in [0.1, 0.15) is 52.4 Å². The molecule has 0 amide bonds. The summed E-state index contributed by atoms with van der Waals surface area (Å²) in [7, 11) is 0. The summed E-state index contributed by atoms with van der Waals surface area (Å²) < 4.78 is 12.4. The second-order valence-corrected chi connectivity index (χ2v) is 9.06. The summed E-state index contributed by atoms with van der Waals surface area (Å²) in [5.74, 6) is 1.01. The summed E-state index contributed by atoms with van der Waals surface area (Å²) in [6.07, 6.45) is 7.72. The third-order valence-corrected chi connectivity index (χ3v) is 7.85. The Labute approximate surface area is 138 Å². The molecule has 0 bridgehead atoms. The fourth-order valence-electron chi connectivity index (χ4n) is 6.69. The third-order valence-electron chi connectivity index (χ3n) is 7.85. The van der Waals surface area contributed by atoms with Crippen LogP contribution < -0.4 is 0 Å². The number of carbonyl (C=O) groups is 1. The lowest BCUT2D eigenvalue weighted by molar-refractivity contribution is -0.146. The molecule has 5 aliphatic rings. The molecular formula is C19H29NO3. The van der Waals surface area contributed by atoms with E-state index < -0.39 is 0 Å². The van der Waals surface area contributed by atoms with Crippen LogP contribution >= 0.6 is 0 Å². The molecular weight excluding hydrogens is 290 g/mol. The number of hydrogen-bond acceptors (Lipinski definition) is 4. The van der Waals surface area contributed by atoms with E-state index in [9.17, 15) is 4.79 Å². The summed E-state index contributed by atoms with van der Waals surface area (Å²) in [6, 6.07) is 0. The van der Waals surface area contributed by atoms with Crippen LogP contribution in [-0.2, 0) is 14.3 Å². The molecule has 0 radical (unpaired) electrons. The molecule has 0 aromatic rings. The summed E-state index contributed by atoms with van der Waals surface area (Å²) in [6.45, 7) is 7.93. The Morgan fingerprint density at radius 2 is 2.04 bits per heavy atom. The van der Waals surface area contributed by atoms with Crippen molar-refractivity contribution in [3.8, 4) is 0 Å². The highest BCUT2D eigenvalue weighted by Gasteiger charge is 2.78. The number of carbonyl (C=O) groups excluding carboxylic acids is 1. The van der Waals surface area contributed by atoms with Crippen molar-refractivity contribution < 1.29 is 14.3 Å². The Balaban J connectivity index is 1.43. The Morgan fingerprint density at radius 3 is 2.83 bits per heavy atom. The van der Waals surface area contributed by atoms with E-state index in [-0.39, 0.29) is 35.1 Å². The van der Waals surface area contributed by atoms with Crippen molar-refractivity contribution in [1.82, 2.24) is 4.90 Å². The monoisotopic (exact) mass is 319 g/mol. The van der Waals surface area contributed by atoms with E-state index in [2.05, 4.69) is 18.7 Å². The number of likely N-dealkylation sites (tertiary alicyclic amines) is 1. The molecule has 3 aliphatic heterocycles. The van der Waals surface area contributed by atoms with Crippen molar-refractivity contribution in [3.63, 3.8) is 0 Å². The average Bonchev–Trinajstić information content (AvgIpc) is 2.91. The van der Waals surface area contributed by atoms with Crippen LogP contribution in [0.3, 0.4) is 0 Å². The van der Waals surface area contributed by atoms with Gasteiger partial charge in [0.15, 0.2) is 0 Å². The van der Waals surface area contributed by atoms with E-state index in [1.165, 1.54) is 32.1 Å². The molecule has 3 heterocycles. The van der Waals surface area contributed by atoms with Crippen molar-refractivity contribution in [2.75, 3.05) is 19.6 Å². The Hall–Kier alpha value is -0.610. The first-order valence-corrected chi connectivity index (χ1v) is 9.66. The molecule has 0 aromatic heterocycles. The van der Waals surface area contributed by atoms with Gasteiger partial charge in [-0.15, -0.1) is 0 Å². The maximum atomic E-state index is 12.6. The van der Waals surface area contributed by atoms with Crippen LogP contribution in [0.2, 0.25) is 0 Å². The number of epoxide rings is 1. The van der Waals surface area contributed by atoms with E-state index in [1.807, 2.05) is 0 Å². The van der Waals surface area contributed by atoms with Gasteiger partial charge in [-0.3, -0.25) is 4.79 Å². The zero-order valence-electron chi connectivity index (χ0n) is 14.4. The molecule has 2 aliphatic carbocycles. The number of esters is 1. The number of rotatable bonds is 2. The summed E-state index contributed by atoms with van der Waals surface area (Å²) in [5.41, 5.74) is 0.253. The molecule has 4 nitrogen and oxygen atoms in total. The fraction of sp³-hybridized carbons (Fsp3) is 0.947. The van der Waals surface area contributed by atoms with Gasteiger partial charge in [-0.05, 0) is 51.1 Å². The lowest BCUT2D eigenvalue weighted by Crippen LogP contribution is -2.54. The summed E-state index contributed by atoms with van der Waals surface area (Å²) >= 11 is 0. The highest BCUT2D eigenvalue weighted by atomic mass is 16.6. The average molecular weight is 319 g/mol. The van der Waals surface area contributed by atoms with Crippen LogP contribution in [-0.4, -0.2) is 48.3 Å². The molecule has 3 saturated heterocycles. The van der Waals surface area contributed by atoms with Crippen LogP contribution in [0.4, 0.5) is 0 Å². The lowest BCUT2D eigenvalue weighted by Gasteiger charge is -2.49. The van der Waals surface area contributed by atoms with Crippen LogP contribution in [0, 0.1) is 23.2 Å². The summed E-state index contributed by atoms with van der Waals surface area (Å²) in [4.78, 5) is 15.0. The van der Waals surface area contributed by atoms with Crippen molar-refractivity contribution >= 4 is 5.97 Å². The zero-order valence-corrected chi connectivity index (χ0v) is 14.4. The normalized spacial score (nSPS) is 55.0. The van der Waals surface area contributed by atoms with Gasteiger partial charge in [-0.2, -0.15) is 0 Å². The zero-order chi connectivity index (χ0) is 15.8. The first kappa shape index (κ1) is 14.7. The molecule has 128 valence electrons. The predicted molar refractivity (Wildman–Crippen MR) is 85.9 cm³/mol. The van der Waals surface area contributed by atoms with Gasteiger partial charge in [-0.25, -0.2) is 0 Å². The third kappa shape index (κ3) is 1.82. The first-order valence-electron chi connectivity index (χ1n) is 9.66. The minimum absolute atomic E-state index is 0.0427. The molecule has 0 N–H and O–H groups in total. The van der Waals surface area contributed by atoms with E-state index in [1.54, 1.807) is 0 Å². The Morgan fingerprint density at radius 1 is 1.26 bits per heavy atom. The van der Waals surface area contributed by atoms with Gasteiger partial charge < -0.3 is 14.4 Å². The predicted octanol–water partition coefficient (Wildman–Crippen LogP) is 2.61. The van der Waals surface area contributed by atoms with Gasteiger partial charge in [0.25, 0.3) is 0 Å². The highest BCUT2D eigenvalue weighted by Crippen LogP contribution is 2.70. The molecule has 7 atom stereocenters. The highest BCUT2D eigenvalue weighted by molar-refractivity contribution is 5.76. The number of fused-ring (bicyclic) bond motifs is 2. The van der Waals surface area contributed by atoms with E-state index in [4.69, 9.17) is 9.47 Å². The van der Waals surface area contributed by atoms with Crippen molar-refractivity contribution in [1.29, 1.82) is 0 Å². The van der Waals surface area contributed by atoms with Gasteiger partial charge in [0.1, 0.15) is 11.7 Å². The molecule has 1 spiro atoms. The van der Waals surface area contributed by atoms with Gasteiger partial charge in [-0.1, -0.05) is 20.3 Å². The molecule has 23 heavy (non-hydrogen) atoms. The smallest absolute Gasteiger partial charge is 0.311 e. The topological polar surface area (TPSA) is 42.1 Å². The van der Waals surface area contributed by atoms with Crippen LogP contribution in [0.25, 0.3) is 0 Å². The van der Waals surface area contributed by atoms with E-state index in [0.29, 0.717) is 11.8 Å². The number of ether oxygens (including phenoxy) is 2. The lowest BCUT2D eigenvalue weighted by atomic mass is 9.53. The quantitative estimate of drug-likeness (QED) is 0.579. The van der Waals surface area contributed by atoms with Crippen molar-refractivity contribution in [2.45, 2.75) is 70.2 Å². The van der Waals surface area contributed by atoms with Gasteiger partial charge in [0.2, 0.25) is 0 Å². The fourth-order valence-corrected chi connectivity index (χ4v) is 6.69. The number of hydrogen-bond donors (Lipinski definition) is 0. The molecule has 5 rings (SSSR count). The van der Waals surface area contributed by atoms with Crippen LogP contribution in [0.5, 0.6) is 0 Å². The maximum absolute atomic E-state index is 12.6. The summed E-state index contributed by atoms with van der Waals surface area (Å²) in [5, 5.41) is 0. The molecule has 0 aromatic carbocycles. The maximum Gasteiger partial charge on any atom is 0.311 e. The second-order valence-electron chi connectivity index (χ2n) is 9.06. The Kier molecular flexibility index (Phi) is 3.02. The van der Waals surface area contributed by atoms with E-state index in [0.717, 1.165) is 26.1 Å². The van der Waals surface area contributed by atoms with Crippen molar-refractivity contribution in [3.05, 3.63) is 0 Å².